The third-order valence-electron chi connectivity index (χ3n) is 2.58. The zero-order valence-corrected chi connectivity index (χ0v) is 11.4. The summed E-state index contributed by atoms with van der Waals surface area (Å²) in [6.45, 7) is 2.05. The van der Waals surface area contributed by atoms with Crippen LogP contribution in [0.3, 0.4) is 0 Å². The van der Waals surface area contributed by atoms with Crippen molar-refractivity contribution in [3.05, 3.63) is 29.8 Å². The monoisotopic (exact) mass is 277 g/mol. The Morgan fingerprint density at radius 3 is 2.84 bits per heavy atom. The van der Waals surface area contributed by atoms with Crippen LogP contribution < -0.4 is 5.32 Å². The molecule has 0 aromatic heterocycles. The minimum Gasteiger partial charge on any atom is -0.508 e. The molecule has 6 heteroatoms. The fourth-order valence-corrected chi connectivity index (χ4v) is 2.66. The van der Waals surface area contributed by atoms with Crippen molar-refractivity contribution >= 4 is 29.1 Å². The maximum atomic E-state index is 11.6. The molecule has 0 radical (unpaired) electrons. The number of benzene rings is 1. The lowest BCUT2D eigenvalue weighted by atomic mass is 10.2. The number of rotatable bonds is 4. The normalized spacial score (nSPS) is 21.2. The molecule has 1 unspecified atom stereocenters. The Bertz CT molecular complexity index is 511. The fraction of sp³-hybridized carbons (Fsp3) is 0.308. The van der Waals surface area contributed by atoms with Crippen molar-refractivity contribution in [1.29, 1.82) is 0 Å². The molecule has 2 N–H and O–H groups in total. The number of phenolic OH excluding ortho intramolecular Hbond substituents is 1. The number of carbonyl (C=O) groups excluding carboxylic acids is 1. The van der Waals surface area contributed by atoms with Gasteiger partial charge in [0.1, 0.15) is 5.75 Å². The Morgan fingerprint density at radius 1 is 1.42 bits per heavy atom. The highest BCUT2D eigenvalue weighted by Crippen LogP contribution is 2.23. The minimum absolute atomic E-state index is 0.00503. The van der Waals surface area contributed by atoms with E-state index in [-0.39, 0.29) is 16.9 Å². The summed E-state index contributed by atoms with van der Waals surface area (Å²) in [5, 5.41) is 20.2. The molecule has 100 valence electrons. The number of amides is 1. The van der Waals surface area contributed by atoms with Gasteiger partial charge in [0, 0.05) is 0 Å². The molecule has 0 bridgehead atoms. The van der Waals surface area contributed by atoms with Gasteiger partial charge in [-0.2, -0.15) is 5.10 Å². The third kappa shape index (κ3) is 3.82. The average Bonchev–Trinajstić information content (AvgIpc) is 2.73. The van der Waals surface area contributed by atoms with Gasteiger partial charge in [-0.25, -0.2) is 0 Å². The molecule has 0 spiro atoms. The predicted molar refractivity (Wildman–Crippen MR) is 77.6 cm³/mol. The molecule has 1 aliphatic heterocycles. The molecule has 19 heavy (non-hydrogen) atoms. The second-order valence-electron chi connectivity index (χ2n) is 4.13. The number of hydrogen-bond acceptors (Lipinski definition) is 5. The number of aromatic hydroxyl groups is 1. The first-order valence-corrected chi connectivity index (χ1v) is 6.94. The molecular formula is C13H15N3O2S. The van der Waals surface area contributed by atoms with Crippen LogP contribution in [-0.2, 0) is 4.79 Å². The first kappa shape index (κ1) is 13.6. The lowest BCUT2D eigenvalue weighted by Crippen LogP contribution is -2.24. The van der Waals surface area contributed by atoms with Crippen LogP contribution in [0.4, 0.5) is 0 Å². The van der Waals surface area contributed by atoms with Gasteiger partial charge >= 0.3 is 0 Å². The number of amidine groups is 1. The maximum Gasteiger partial charge on any atom is 0.239 e. The van der Waals surface area contributed by atoms with Crippen LogP contribution in [-0.4, -0.2) is 27.6 Å². The molecular weight excluding hydrogens is 262 g/mol. The lowest BCUT2D eigenvalue weighted by molar-refractivity contribution is -0.118. The SMILES string of the molecule is CCCC1S/C(=N/N=C/c2ccc(O)cc2)NC1=O. The van der Waals surface area contributed by atoms with Gasteiger partial charge in [-0.15, -0.1) is 5.10 Å². The molecule has 5 nitrogen and oxygen atoms in total. The van der Waals surface area contributed by atoms with Gasteiger partial charge < -0.3 is 10.4 Å². The molecule has 0 saturated carbocycles. The Kier molecular flexibility index (Phi) is 4.57. The van der Waals surface area contributed by atoms with E-state index in [0.717, 1.165) is 18.4 Å². The van der Waals surface area contributed by atoms with Gasteiger partial charge in [-0.3, -0.25) is 4.79 Å². The second-order valence-corrected chi connectivity index (χ2v) is 5.32. The van der Waals surface area contributed by atoms with Crippen LogP contribution in [0.1, 0.15) is 25.3 Å². The highest BCUT2D eigenvalue weighted by Gasteiger charge is 2.29. The summed E-state index contributed by atoms with van der Waals surface area (Å²) in [6.07, 6.45) is 3.39. The third-order valence-corrected chi connectivity index (χ3v) is 3.72. The van der Waals surface area contributed by atoms with Crippen molar-refractivity contribution in [3.8, 4) is 5.75 Å². The number of hydrogen-bond donors (Lipinski definition) is 2. The van der Waals surface area contributed by atoms with Gasteiger partial charge in [0.15, 0.2) is 5.17 Å². The zero-order valence-electron chi connectivity index (χ0n) is 10.5. The van der Waals surface area contributed by atoms with E-state index < -0.39 is 0 Å². The molecule has 1 aromatic carbocycles. The van der Waals surface area contributed by atoms with Gasteiger partial charge in [-0.1, -0.05) is 25.1 Å². The summed E-state index contributed by atoms with van der Waals surface area (Å²) >= 11 is 1.42. The molecule has 1 saturated heterocycles. The molecule has 1 amide bonds. The van der Waals surface area contributed by atoms with Crippen molar-refractivity contribution in [3.63, 3.8) is 0 Å². The smallest absolute Gasteiger partial charge is 0.239 e. The summed E-state index contributed by atoms with van der Waals surface area (Å²) in [5.74, 6) is 0.218. The van der Waals surface area contributed by atoms with Crippen molar-refractivity contribution in [2.75, 3.05) is 0 Å². The summed E-state index contributed by atoms with van der Waals surface area (Å²) in [4.78, 5) is 11.6. The first-order chi connectivity index (χ1) is 9.19. The minimum atomic E-state index is -0.0485. The number of nitrogens with zero attached hydrogens (tertiary/aromatic N) is 2. The van der Waals surface area contributed by atoms with Crippen molar-refractivity contribution < 1.29 is 9.90 Å². The second kappa shape index (κ2) is 6.38. The van der Waals surface area contributed by atoms with Crippen LogP contribution in [0.5, 0.6) is 5.75 Å². The van der Waals surface area contributed by atoms with E-state index in [4.69, 9.17) is 5.11 Å². The van der Waals surface area contributed by atoms with E-state index in [1.165, 1.54) is 11.8 Å². The summed E-state index contributed by atoms with van der Waals surface area (Å²) < 4.78 is 0. The molecule has 1 aliphatic rings. The Hall–Kier alpha value is -1.82. The highest BCUT2D eigenvalue weighted by molar-refractivity contribution is 8.15. The fourth-order valence-electron chi connectivity index (χ4n) is 1.61. The quantitative estimate of drug-likeness (QED) is 0.654. The van der Waals surface area contributed by atoms with Crippen LogP contribution in [0.2, 0.25) is 0 Å². The summed E-state index contributed by atoms with van der Waals surface area (Å²) in [7, 11) is 0. The number of phenols is 1. The standard InChI is InChI=1S/C13H15N3O2S/c1-2-3-11-12(18)15-13(19-11)16-14-8-9-4-6-10(17)7-5-9/h4-8,11,17H,2-3H2,1H3,(H,15,16,18)/b14-8+. The van der Waals surface area contributed by atoms with Gasteiger partial charge in [0.05, 0.1) is 11.5 Å². The molecule has 1 fully saturated rings. The Balaban J connectivity index is 1.96. The highest BCUT2D eigenvalue weighted by atomic mass is 32.2. The van der Waals surface area contributed by atoms with Gasteiger partial charge in [-0.05, 0) is 36.2 Å². The topological polar surface area (TPSA) is 74.1 Å². The molecule has 2 rings (SSSR count). The van der Waals surface area contributed by atoms with Gasteiger partial charge in [0.25, 0.3) is 0 Å². The Morgan fingerprint density at radius 2 is 2.16 bits per heavy atom. The van der Waals surface area contributed by atoms with Gasteiger partial charge in [0.2, 0.25) is 5.91 Å². The molecule has 1 heterocycles. The lowest BCUT2D eigenvalue weighted by Gasteiger charge is -1.99. The van der Waals surface area contributed by atoms with E-state index >= 15 is 0 Å². The van der Waals surface area contributed by atoms with Crippen molar-refractivity contribution in [2.45, 2.75) is 25.0 Å². The van der Waals surface area contributed by atoms with E-state index in [1.807, 2.05) is 6.92 Å². The van der Waals surface area contributed by atoms with Crippen LogP contribution in [0.25, 0.3) is 0 Å². The van der Waals surface area contributed by atoms with Crippen LogP contribution in [0.15, 0.2) is 34.5 Å². The molecule has 1 aromatic rings. The summed E-state index contributed by atoms with van der Waals surface area (Å²) in [6, 6.07) is 6.63. The van der Waals surface area contributed by atoms with E-state index in [1.54, 1.807) is 30.5 Å². The van der Waals surface area contributed by atoms with Crippen molar-refractivity contribution in [2.24, 2.45) is 10.2 Å². The predicted octanol–water partition coefficient (Wildman–Crippen LogP) is 2.11. The van der Waals surface area contributed by atoms with Crippen LogP contribution in [0, 0.1) is 0 Å². The first-order valence-electron chi connectivity index (χ1n) is 6.06. The van der Waals surface area contributed by atoms with E-state index in [2.05, 4.69) is 15.5 Å². The van der Waals surface area contributed by atoms with Crippen LogP contribution >= 0.6 is 11.8 Å². The molecule has 1 atom stereocenters. The maximum absolute atomic E-state index is 11.6. The number of carbonyl (C=O) groups is 1. The largest absolute Gasteiger partial charge is 0.508 e. The molecule has 0 aliphatic carbocycles. The Labute approximate surface area is 115 Å². The zero-order chi connectivity index (χ0) is 13.7. The summed E-state index contributed by atoms with van der Waals surface area (Å²) in [5.41, 5.74) is 0.835. The number of thioether (sulfide) groups is 1. The van der Waals surface area contributed by atoms with Crippen molar-refractivity contribution in [1.82, 2.24) is 5.32 Å². The number of nitrogens with one attached hydrogen (secondary N) is 1. The van der Waals surface area contributed by atoms with E-state index in [9.17, 15) is 4.79 Å². The average molecular weight is 277 g/mol. The van der Waals surface area contributed by atoms with E-state index in [0.29, 0.717) is 5.17 Å².